The van der Waals surface area contributed by atoms with Crippen LogP contribution >= 0.6 is 0 Å². The quantitative estimate of drug-likeness (QED) is 0.264. The summed E-state index contributed by atoms with van der Waals surface area (Å²) in [6, 6.07) is 4.16. The van der Waals surface area contributed by atoms with Gasteiger partial charge in [0.25, 0.3) is 5.91 Å². The van der Waals surface area contributed by atoms with Gasteiger partial charge in [0.1, 0.15) is 35.4 Å². The number of amides is 4. The Hall–Kier alpha value is -4.74. The van der Waals surface area contributed by atoms with Crippen LogP contribution in [0.25, 0.3) is 0 Å². The molecule has 1 saturated heterocycles. The van der Waals surface area contributed by atoms with Crippen molar-refractivity contribution in [2.45, 2.75) is 112 Å². The zero-order valence-corrected chi connectivity index (χ0v) is 31.3. The number of hydrogen-bond acceptors (Lipinski definition) is 8. The number of nitrogens with one attached hydrogen (secondary N) is 3. The van der Waals surface area contributed by atoms with Crippen molar-refractivity contribution in [2.24, 2.45) is 5.92 Å². The van der Waals surface area contributed by atoms with Crippen LogP contribution in [0.1, 0.15) is 81.4 Å². The van der Waals surface area contributed by atoms with E-state index in [9.17, 15) is 49.5 Å². The van der Waals surface area contributed by atoms with E-state index in [1.165, 1.54) is 24.0 Å². The van der Waals surface area contributed by atoms with E-state index in [-0.39, 0.29) is 44.6 Å². The first-order valence-electron chi connectivity index (χ1n) is 18.6. The Labute approximate surface area is 320 Å². The van der Waals surface area contributed by atoms with Gasteiger partial charge >= 0.3 is 12.3 Å². The highest BCUT2D eigenvalue weighted by Gasteiger charge is 2.63. The van der Waals surface area contributed by atoms with Gasteiger partial charge in [-0.3, -0.25) is 24.0 Å². The normalized spacial score (nSPS) is 28.1. The minimum Gasteiger partial charge on any atom is -0.444 e. The van der Waals surface area contributed by atoms with Gasteiger partial charge in [-0.25, -0.2) is 22.0 Å². The Morgan fingerprint density at radius 1 is 1.02 bits per heavy atom. The maximum atomic E-state index is 14.6. The molecule has 2 aromatic rings. The second kappa shape index (κ2) is 14.6. The van der Waals surface area contributed by atoms with E-state index in [2.05, 4.69) is 15.4 Å². The fourth-order valence-electron chi connectivity index (χ4n) is 7.71. The number of hydrogen-bond donors (Lipinski definition) is 3. The molecule has 2 saturated carbocycles. The molecule has 3 heterocycles. The van der Waals surface area contributed by atoms with Crippen molar-refractivity contribution in [3.8, 4) is 0 Å². The highest BCUT2D eigenvalue weighted by molar-refractivity contribution is 7.91. The van der Waals surface area contributed by atoms with Gasteiger partial charge in [-0.2, -0.15) is 13.2 Å². The lowest BCUT2D eigenvalue weighted by Crippen LogP contribution is -2.58. The standard InChI is InChI=1S/C38H42F5N5O7S/c1-36(14-15-36)56(53,54)46-34(51)37-18-23(37)9-5-3-2-4-6-11-30(44-24-12-13-27(29(40)16-24)38(41,42)43)33(50)48-20-25(17-31(48)32(49)45-37)55-35(52)47-19-22-8-7-10-28(39)26(22)21-47/h5,7-10,12-13,16,23,25,30-31,44H,2-4,6,11,14-15,17-21H2,1H3,(H,45,49)(H,46,51)/b9-5-/t23-,25+,30-,31-,37+/m0/s1. The van der Waals surface area contributed by atoms with Gasteiger partial charge < -0.3 is 20.3 Å². The molecule has 5 atom stereocenters. The molecule has 2 aliphatic carbocycles. The summed E-state index contributed by atoms with van der Waals surface area (Å²) in [5, 5.41) is 5.58. The van der Waals surface area contributed by atoms with E-state index in [0.29, 0.717) is 61.8 Å². The van der Waals surface area contributed by atoms with E-state index in [4.69, 9.17) is 4.74 Å². The van der Waals surface area contributed by atoms with Gasteiger partial charge in [0.15, 0.2) is 0 Å². The Bertz CT molecular complexity index is 2080. The number of ether oxygens (including phenoxy) is 1. The van der Waals surface area contributed by atoms with Crippen molar-refractivity contribution in [2.75, 3.05) is 11.9 Å². The van der Waals surface area contributed by atoms with Crippen molar-refractivity contribution in [3.05, 3.63) is 76.9 Å². The van der Waals surface area contributed by atoms with Crippen molar-refractivity contribution < 1.29 is 54.3 Å². The number of carbonyl (C=O) groups is 4. The molecule has 5 aliphatic rings. The predicted molar refractivity (Wildman–Crippen MR) is 191 cm³/mol. The third-order valence-corrected chi connectivity index (χ3v) is 13.7. The second-order valence-electron chi connectivity index (χ2n) is 15.6. The molecule has 302 valence electrons. The van der Waals surface area contributed by atoms with Crippen LogP contribution < -0.4 is 15.4 Å². The smallest absolute Gasteiger partial charge is 0.419 e. The number of allylic oxidation sites excluding steroid dienone is 1. The molecular weight excluding hydrogens is 766 g/mol. The van der Waals surface area contributed by atoms with Crippen LogP contribution in [-0.2, 0) is 48.4 Å². The number of carbonyl (C=O) groups excluding carboxylic acids is 4. The molecular formula is C38H42F5N5O7S. The summed E-state index contributed by atoms with van der Waals surface area (Å²) in [4.78, 5) is 58.3. The van der Waals surface area contributed by atoms with E-state index >= 15 is 0 Å². The lowest BCUT2D eigenvalue weighted by atomic mass is 10.0. The summed E-state index contributed by atoms with van der Waals surface area (Å²) in [7, 11) is -4.08. The molecule has 0 unspecified atom stereocenters. The maximum Gasteiger partial charge on any atom is 0.419 e. The molecule has 3 N–H and O–H groups in total. The number of nitrogens with zero attached hydrogens (tertiary/aromatic N) is 2. The fourth-order valence-corrected chi connectivity index (χ4v) is 9.02. The van der Waals surface area contributed by atoms with Gasteiger partial charge in [0.05, 0.1) is 23.4 Å². The zero-order chi connectivity index (χ0) is 40.2. The molecule has 0 radical (unpaired) electrons. The van der Waals surface area contributed by atoms with Crippen LogP contribution in [0, 0.1) is 17.6 Å². The number of benzene rings is 2. The van der Waals surface area contributed by atoms with Gasteiger partial charge in [-0.15, -0.1) is 0 Å². The van der Waals surface area contributed by atoms with Crippen molar-refractivity contribution >= 4 is 39.5 Å². The number of rotatable bonds is 6. The third kappa shape index (κ3) is 7.80. The van der Waals surface area contributed by atoms with Crippen molar-refractivity contribution in [3.63, 3.8) is 0 Å². The van der Waals surface area contributed by atoms with E-state index < -0.39 is 91.6 Å². The van der Waals surface area contributed by atoms with Gasteiger partial charge in [-0.05, 0) is 75.3 Å². The van der Waals surface area contributed by atoms with Crippen LogP contribution in [0.3, 0.4) is 0 Å². The summed E-state index contributed by atoms with van der Waals surface area (Å²) in [5.74, 6) is -5.01. The monoisotopic (exact) mass is 807 g/mol. The van der Waals surface area contributed by atoms with Gasteiger partial charge in [0, 0.05) is 30.1 Å². The molecule has 0 aromatic heterocycles. The minimum atomic E-state index is -4.94. The van der Waals surface area contributed by atoms with E-state index in [0.717, 1.165) is 11.0 Å². The van der Waals surface area contributed by atoms with E-state index in [1.54, 1.807) is 12.1 Å². The molecule has 7 rings (SSSR count). The zero-order valence-electron chi connectivity index (χ0n) is 30.5. The Kier molecular flexibility index (Phi) is 10.3. The molecule has 0 bridgehead atoms. The van der Waals surface area contributed by atoms with Crippen LogP contribution in [0.15, 0.2) is 48.6 Å². The molecule has 0 spiro atoms. The Morgan fingerprint density at radius 3 is 2.48 bits per heavy atom. The maximum absolute atomic E-state index is 14.6. The Balaban J connectivity index is 1.16. The Morgan fingerprint density at radius 2 is 1.79 bits per heavy atom. The number of halogens is 5. The first-order valence-corrected chi connectivity index (χ1v) is 20.1. The van der Waals surface area contributed by atoms with Crippen LogP contribution in [-0.4, -0.2) is 77.1 Å². The topological polar surface area (TPSA) is 154 Å². The van der Waals surface area contributed by atoms with Crippen molar-refractivity contribution in [1.29, 1.82) is 0 Å². The summed E-state index contributed by atoms with van der Waals surface area (Å²) in [6.45, 7) is 1.22. The molecule has 4 amide bonds. The first kappa shape index (κ1) is 39.5. The van der Waals surface area contributed by atoms with Crippen molar-refractivity contribution in [1.82, 2.24) is 19.8 Å². The molecule has 18 heteroatoms. The first-order chi connectivity index (χ1) is 26.4. The number of fused-ring (bicyclic) bond motifs is 3. The molecule has 56 heavy (non-hydrogen) atoms. The third-order valence-electron chi connectivity index (χ3n) is 11.5. The molecule has 12 nitrogen and oxygen atoms in total. The lowest BCUT2D eigenvalue weighted by Gasteiger charge is -2.30. The number of alkyl halides is 3. The molecule has 3 aliphatic heterocycles. The van der Waals surface area contributed by atoms with Gasteiger partial charge in [-0.1, -0.05) is 37.1 Å². The largest absolute Gasteiger partial charge is 0.444 e. The van der Waals surface area contributed by atoms with E-state index in [1.807, 2.05) is 6.08 Å². The average Bonchev–Trinajstić information content (AvgIpc) is 3.92. The fraction of sp³-hybridized carbons (Fsp3) is 0.526. The predicted octanol–water partition coefficient (Wildman–Crippen LogP) is 5.28. The lowest BCUT2D eigenvalue weighted by molar-refractivity contribution is -0.140. The SMILES string of the molecule is CC1(S(=O)(=O)NC(=O)[C@@]23C[C@@H]2/C=C\CCCCC[C@H](Nc2ccc(C(F)(F)F)c(F)c2)C(=O)N2C[C@H](OC(=O)N4Cc5cccc(F)c5C4)C[C@H]2C(=O)N3)CC1. The average molecular weight is 808 g/mol. The van der Waals surface area contributed by atoms with Crippen LogP contribution in [0.5, 0.6) is 0 Å². The summed E-state index contributed by atoms with van der Waals surface area (Å²) >= 11 is 0. The second-order valence-corrected chi connectivity index (χ2v) is 17.8. The van der Waals surface area contributed by atoms with Gasteiger partial charge in [0.2, 0.25) is 21.8 Å². The molecule has 3 fully saturated rings. The summed E-state index contributed by atoms with van der Waals surface area (Å²) in [6.07, 6.45) is -0.189. The summed E-state index contributed by atoms with van der Waals surface area (Å²) < 4.78 is 102. The van der Waals surface area contributed by atoms with Crippen LogP contribution in [0.2, 0.25) is 0 Å². The molecule has 2 aromatic carbocycles. The number of sulfonamides is 1. The summed E-state index contributed by atoms with van der Waals surface area (Å²) in [5.41, 5.74) is -2.32. The highest BCUT2D eigenvalue weighted by Crippen LogP contribution is 2.47. The van der Waals surface area contributed by atoms with Crippen LogP contribution in [0.4, 0.5) is 32.4 Å². The minimum absolute atomic E-state index is 0.0649. The number of anilines is 1. The highest BCUT2D eigenvalue weighted by atomic mass is 32.2.